The SMILES string of the molecule is Cc1c(C)c2c(c(C)c1O)CCC(C)(C(=O)NC(CO)C(=O)Nc1nccs1)O2. The molecule has 1 aromatic carbocycles. The van der Waals surface area contributed by atoms with Gasteiger partial charge in [0.2, 0.25) is 0 Å². The molecule has 0 bridgehead atoms. The minimum absolute atomic E-state index is 0.247. The number of carbonyl (C=O) groups excluding carboxylic acids is 2. The lowest BCUT2D eigenvalue weighted by Crippen LogP contribution is -2.56. The Morgan fingerprint density at radius 3 is 2.66 bits per heavy atom. The molecule has 8 nitrogen and oxygen atoms in total. The number of hydrogen-bond donors (Lipinski definition) is 4. The summed E-state index contributed by atoms with van der Waals surface area (Å²) in [5, 5.41) is 27.1. The lowest BCUT2D eigenvalue weighted by Gasteiger charge is -2.37. The minimum Gasteiger partial charge on any atom is -0.507 e. The number of aliphatic hydroxyl groups excluding tert-OH is 1. The summed E-state index contributed by atoms with van der Waals surface area (Å²) < 4.78 is 6.11. The summed E-state index contributed by atoms with van der Waals surface area (Å²) in [7, 11) is 0. The highest BCUT2D eigenvalue weighted by molar-refractivity contribution is 7.13. The van der Waals surface area contributed by atoms with Crippen molar-refractivity contribution >= 4 is 28.3 Å². The van der Waals surface area contributed by atoms with Gasteiger partial charge in [-0.15, -0.1) is 11.3 Å². The molecule has 2 amide bonds. The number of rotatable bonds is 5. The fourth-order valence-corrected chi connectivity index (χ4v) is 3.92. The van der Waals surface area contributed by atoms with Gasteiger partial charge in [-0.05, 0) is 50.8 Å². The van der Waals surface area contributed by atoms with Crippen LogP contribution in [0.2, 0.25) is 0 Å². The Labute approximate surface area is 172 Å². The van der Waals surface area contributed by atoms with Crippen LogP contribution in [0.15, 0.2) is 11.6 Å². The molecule has 2 unspecified atom stereocenters. The van der Waals surface area contributed by atoms with E-state index < -0.39 is 30.1 Å². The van der Waals surface area contributed by atoms with Crippen LogP contribution in [-0.4, -0.2) is 45.3 Å². The summed E-state index contributed by atoms with van der Waals surface area (Å²) in [5.41, 5.74) is 1.92. The summed E-state index contributed by atoms with van der Waals surface area (Å²) in [6.07, 6.45) is 2.47. The van der Waals surface area contributed by atoms with Gasteiger partial charge in [0.1, 0.15) is 17.5 Å². The Hall–Kier alpha value is -2.65. The molecule has 0 saturated carbocycles. The van der Waals surface area contributed by atoms with Crippen molar-refractivity contribution in [2.24, 2.45) is 0 Å². The van der Waals surface area contributed by atoms with E-state index in [-0.39, 0.29) is 5.75 Å². The molecule has 9 heteroatoms. The van der Waals surface area contributed by atoms with E-state index in [2.05, 4.69) is 15.6 Å². The molecule has 1 aromatic heterocycles. The third-order valence-electron chi connectivity index (χ3n) is 5.47. The number of nitrogens with one attached hydrogen (secondary N) is 2. The Morgan fingerprint density at radius 2 is 2.03 bits per heavy atom. The van der Waals surface area contributed by atoms with Gasteiger partial charge in [0.05, 0.1) is 6.61 Å². The van der Waals surface area contributed by atoms with E-state index in [1.807, 2.05) is 13.8 Å². The molecule has 1 aliphatic heterocycles. The Morgan fingerprint density at radius 1 is 1.31 bits per heavy atom. The smallest absolute Gasteiger partial charge is 0.264 e. The molecule has 0 fully saturated rings. The zero-order valence-corrected chi connectivity index (χ0v) is 17.6. The molecule has 0 spiro atoms. The normalized spacial score (nSPS) is 19.1. The summed E-state index contributed by atoms with van der Waals surface area (Å²) in [6.45, 7) is 6.58. The number of phenolic OH excluding ortho intramolecular Hbond substituents is 1. The predicted octanol–water partition coefficient (Wildman–Crippen LogP) is 1.97. The maximum Gasteiger partial charge on any atom is 0.264 e. The van der Waals surface area contributed by atoms with Crippen molar-refractivity contribution in [3.8, 4) is 11.5 Å². The molecule has 2 atom stereocenters. The first-order valence-corrected chi connectivity index (χ1v) is 10.2. The number of thiazole rings is 1. The molecule has 4 N–H and O–H groups in total. The number of aromatic nitrogens is 1. The first-order valence-electron chi connectivity index (χ1n) is 9.30. The van der Waals surface area contributed by atoms with E-state index in [0.717, 1.165) is 16.7 Å². The summed E-state index contributed by atoms with van der Waals surface area (Å²) >= 11 is 1.24. The number of benzene rings is 1. The number of aliphatic hydroxyl groups is 1. The van der Waals surface area contributed by atoms with Gasteiger partial charge in [-0.1, -0.05) is 0 Å². The van der Waals surface area contributed by atoms with Crippen molar-refractivity contribution in [2.75, 3.05) is 11.9 Å². The first-order chi connectivity index (χ1) is 13.7. The maximum absolute atomic E-state index is 13.0. The van der Waals surface area contributed by atoms with E-state index >= 15 is 0 Å². The molecule has 1 aliphatic rings. The average Bonchev–Trinajstić information content (AvgIpc) is 3.21. The van der Waals surface area contributed by atoms with Crippen molar-refractivity contribution < 1.29 is 24.5 Å². The Kier molecular flexibility index (Phi) is 5.81. The molecular weight excluding hydrogens is 394 g/mol. The van der Waals surface area contributed by atoms with Gasteiger partial charge in [0, 0.05) is 23.6 Å². The lowest BCUT2D eigenvalue weighted by atomic mass is 9.86. The molecule has 156 valence electrons. The second kappa shape index (κ2) is 8.00. The number of fused-ring (bicyclic) bond motifs is 1. The standard InChI is InChI=1S/C20H25N3O5S/c1-10-11(2)16-13(12(3)15(10)25)5-6-20(4,28-16)18(27)22-14(9-24)17(26)23-19-21-7-8-29-19/h7-8,14,24-25H,5-6,9H2,1-4H3,(H,22,27)(H,21,23,26). The van der Waals surface area contributed by atoms with Gasteiger partial charge >= 0.3 is 0 Å². The summed E-state index contributed by atoms with van der Waals surface area (Å²) in [6, 6.07) is -1.13. The highest BCUT2D eigenvalue weighted by atomic mass is 32.1. The molecule has 3 rings (SSSR count). The van der Waals surface area contributed by atoms with E-state index in [4.69, 9.17) is 4.74 Å². The lowest BCUT2D eigenvalue weighted by molar-refractivity contribution is -0.140. The van der Waals surface area contributed by atoms with Crippen LogP contribution in [0.25, 0.3) is 0 Å². The summed E-state index contributed by atoms with van der Waals surface area (Å²) in [4.78, 5) is 29.3. The summed E-state index contributed by atoms with van der Waals surface area (Å²) in [5.74, 6) is -0.200. The van der Waals surface area contributed by atoms with E-state index in [1.54, 1.807) is 25.4 Å². The van der Waals surface area contributed by atoms with Gasteiger partial charge in [-0.3, -0.25) is 9.59 Å². The van der Waals surface area contributed by atoms with E-state index in [0.29, 0.717) is 29.3 Å². The van der Waals surface area contributed by atoms with Gasteiger partial charge < -0.3 is 25.6 Å². The van der Waals surface area contributed by atoms with Crippen LogP contribution in [-0.2, 0) is 16.0 Å². The largest absolute Gasteiger partial charge is 0.507 e. The minimum atomic E-state index is -1.21. The third kappa shape index (κ3) is 3.92. The van der Waals surface area contributed by atoms with Crippen LogP contribution in [0.3, 0.4) is 0 Å². The zero-order valence-electron chi connectivity index (χ0n) is 16.8. The number of hydrogen-bond acceptors (Lipinski definition) is 7. The molecule has 29 heavy (non-hydrogen) atoms. The average molecular weight is 420 g/mol. The van der Waals surface area contributed by atoms with Gasteiger partial charge in [0.15, 0.2) is 10.7 Å². The molecule has 2 aromatic rings. The second-order valence-corrected chi connectivity index (χ2v) is 8.29. The van der Waals surface area contributed by atoms with Crippen molar-refractivity contribution in [1.29, 1.82) is 0 Å². The predicted molar refractivity (Wildman–Crippen MR) is 109 cm³/mol. The first kappa shape index (κ1) is 21.1. The van der Waals surface area contributed by atoms with Gasteiger partial charge in [0.25, 0.3) is 11.8 Å². The highest BCUT2D eigenvalue weighted by Gasteiger charge is 2.42. The molecular formula is C20H25N3O5S. The van der Waals surface area contributed by atoms with Gasteiger partial charge in [-0.2, -0.15) is 0 Å². The van der Waals surface area contributed by atoms with Crippen LogP contribution in [0.1, 0.15) is 35.6 Å². The molecule has 0 radical (unpaired) electrons. The van der Waals surface area contributed by atoms with Crippen LogP contribution >= 0.6 is 11.3 Å². The number of amides is 2. The Balaban J connectivity index is 1.78. The molecule has 0 aliphatic carbocycles. The number of ether oxygens (including phenoxy) is 1. The third-order valence-corrected chi connectivity index (χ3v) is 6.16. The van der Waals surface area contributed by atoms with Crippen LogP contribution < -0.4 is 15.4 Å². The zero-order chi connectivity index (χ0) is 21.3. The van der Waals surface area contributed by atoms with Crippen molar-refractivity contribution in [3.63, 3.8) is 0 Å². The van der Waals surface area contributed by atoms with E-state index in [9.17, 15) is 19.8 Å². The second-order valence-electron chi connectivity index (χ2n) is 7.40. The van der Waals surface area contributed by atoms with Crippen molar-refractivity contribution in [3.05, 3.63) is 33.8 Å². The number of carbonyl (C=O) groups is 2. The fraction of sp³-hybridized carbons (Fsp3) is 0.450. The van der Waals surface area contributed by atoms with Crippen molar-refractivity contribution in [1.82, 2.24) is 10.3 Å². The quantitative estimate of drug-likeness (QED) is 0.588. The number of nitrogens with zero attached hydrogens (tertiary/aromatic N) is 1. The van der Waals surface area contributed by atoms with Gasteiger partial charge in [-0.25, -0.2) is 4.98 Å². The van der Waals surface area contributed by atoms with Crippen molar-refractivity contribution in [2.45, 2.75) is 52.2 Å². The number of aromatic hydroxyl groups is 1. The van der Waals surface area contributed by atoms with Crippen LogP contribution in [0, 0.1) is 20.8 Å². The Bertz CT molecular complexity index is 944. The van der Waals surface area contributed by atoms with Crippen LogP contribution in [0.4, 0.5) is 5.13 Å². The fourth-order valence-electron chi connectivity index (χ4n) is 3.39. The van der Waals surface area contributed by atoms with E-state index in [1.165, 1.54) is 11.3 Å². The topological polar surface area (TPSA) is 121 Å². The molecule has 0 saturated heterocycles. The number of phenols is 1. The van der Waals surface area contributed by atoms with Crippen LogP contribution in [0.5, 0.6) is 11.5 Å². The maximum atomic E-state index is 13.0. The molecule has 2 heterocycles. The monoisotopic (exact) mass is 419 g/mol. The number of anilines is 1. The highest BCUT2D eigenvalue weighted by Crippen LogP contribution is 2.43.